The summed E-state index contributed by atoms with van der Waals surface area (Å²) in [5.41, 5.74) is 4.64. The van der Waals surface area contributed by atoms with Crippen molar-refractivity contribution >= 4 is 29.9 Å². The number of rotatable bonds is 13. The lowest BCUT2D eigenvalue weighted by atomic mass is 10.1. The van der Waals surface area contributed by atoms with Crippen LogP contribution in [0, 0.1) is 0 Å². The minimum atomic E-state index is 0. The normalized spacial score (nSPS) is 11.2. The number of nitrogens with zero attached hydrogens (tertiary/aromatic N) is 3. The topological polar surface area (TPSA) is 72.7 Å². The molecule has 7 nitrogen and oxygen atoms in total. The van der Waals surface area contributed by atoms with Crippen LogP contribution in [0.1, 0.15) is 30.5 Å². The van der Waals surface area contributed by atoms with Crippen LogP contribution >= 0.6 is 24.0 Å². The van der Waals surface area contributed by atoms with Gasteiger partial charge in [-0.15, -0.1) is 24.0 Å². The number of benzene rings is 2. The molecule has 1 aromatic heterocycles. The smallest absolute Gasteiger partial charge is 0.191 e. The van der Waals surface area contributed by atoms with Gasteiger partial charge in [-0.05, 0) is 55.2 Å². The van der Waals surface area contributed by atoms with Crippen molar-refractivity contribution in [1.29, 1.82) is 0 Å². The van der Waals surface area contributed by atoms with Crippen molar-refractivity contribution in [2.24, 2.45) is 4.99 Å². The van der Waals surface area contributed by atoms with Gasteiger partial charge in [0.15, 0.2) is 5.96 Å². The molecule has 34 heavy (non-hydrogen) atoms. The number of guanidine groups is 1. The minimum absolute atomic E-state index is 0. The molecule has 0 bridgehead atoms. The first-order valence-corrected chi connectivity index (χ1v) is 11.6. The molecule has 0 aliphatic rings. The van der Waals surface area contributed by atoms with Crippen LogP contribution in [0.3, 0.4) is 0 Å². The molecule has 0 spiro atoms. The molecule has 8 heteroatoms. The number of halogens is 1. The van der Waals surface area contributed by atoms with Crippen LogP contribution in [0.25, 0.3) is 5.69 Å². The first-order valence-electron chi connectivity index (χ1n) is 11.6. The number of hydrogen-bond donors (Lipinski definition) is 2. The minimum Gasteiger partial charge on any atom is -0.379 e. The Morgan fingerprint density at radius 3 is 2.47 bits per heavy atom. The van der Waals surface area contributed by atoms with Gasteiger partial charge in [0, 0.05) is 32.1 Å². The van der Waals surface area contributed by atoms with Crippen molar-refractivity contribution in [3.8, 4) is 5.69 Å². The molecule has 0 atom stereocenters. The molecule has 1 heterocycles. The van der Waals surface area contributed by atoms with Crippen LogP contribution in [-0.4, -0.2) is 48.7 Å². The molecule has 3 aromatic rings. The molecule has 0 amide bonds. The second kappa shape index (κ2) is 16.2. The first kappa shape index (κ1) is 27.8. The van der Waals surface area contributed by atoms with E-state index in [4.69, 9.17) is 14.5 Å². The van der Waals surface area contributed by atoms with E-state index in [1.54, 1.807) is 6.20 Å². The molecule has 0 saturated heterocycles. The third-order valence-corrected chi connectivity index (χ3v) is 5.01. The molecule has 2 N–H and O–H groups in total. The van der Waals surface area contributed by atoms with Crippen LogP contribution in [0.2, 0.25) is 0 Å². The van der Waals surface area contributed by atoms with Crippen molar-refractivity contribution < 1.29 is 9.47 Å². The van der Waals surface area contributed by atoms with E-state index in [1.807, 2.05) is 23.9 Å². The predicted molar refractivity (Wildman–Crippen MR) is 148 cm³/mol. The fourth-order valence-corrected chi connectivity index (χ4v) is 3.34. The Morgan fingerprint density at radius 1 is 0.941 bits per heavy atom. The summed E-state index contributed by atoms with van der Waals surface area (Å²) in [5, 5.41) is 11.0. The molecule has 0 aliphatic heterocycles. The van der Waals surface area contributed by atoms with Gasteiger partial charge in [-0.1, -0.05) is 36.4 Å². The fourth-order valence-electron chi connectivity index (χ4n) is 3.34. The summed E-state index contributed by atoms with van der Waals surface area (Å²) < 4.78 is 12.8. The Bertz CT molecular complexity index is 962. The van der Waals surface area contributed by atoms with Crippen molar-refractivity contribution in [2.45, 2.75) is 33.4 Å². The highest BCUT2D eigenvalue weighted by Gasteiger charge is 2.01. The van der Waals surface area contributed by atoms with Crippen LogP contribution in [0.5, 0.6) is 0 Å². The lowest BCUT2D eigenvalue weighted by Gasteiger charge is -2.12. The average molecular weight is 578 g/mol. The van der Waals surface area contributed by atoms with Crippen LogP contribution in [0.4, 0.5) is 0 Å². The van der Waals surface area contributed by atoms with Gasteiger partial charge in [-0.25, -0.2) is 9.67 Å². The van der Waals surface area contributed by atoms with Crippen molar-refractivity contribution in [2.75, 3.05) is 32.9 Å². The molecule has 184 valence electrons. The summed E-state index contributed by atoms with van der Waals surface area (Å²) in [6, 6.07) is 18.8. The monoisotopic (exact) mass is 577 g/mol. The van der Waals surface area contributed by atoms with Gasteiger partial charge < -0.3 is 20.1 Å². The first-order chi connectivity index (χ1) is 16.3. The maximum atomic E-state index is 5.67. The number of hydrogen-bond acceptors (Lipinski definition) is 4. The molecule has 2 aromatic carbocycles. The van der Waals surface area contributed by atoms with Crippen LogP contribution in [0.15, 0.2) is 72.0 Å². The lowest BCUT2D eigenvalue weighted by molar-refractivity contribution is 0.0453. The van der Waals surface area contributed by atoms with Gasteiger partial charge in [-0.3, -0.25) is 0 Å². The van der Waals surface area contributed by atoms with Crippen molar-refractivity contribution in [1.82, 2.24) is 20.4 Å². The average Bonchev–Trinajstić information content (AvgIpc) is 3.38. The third kappa shape index (κ3) is 9.82. The zero-order valence-corrected chi connectivity index (χ0v) is 22.4. The molecule has 0 radical (unpaired) electrons. The van der Waals surface area contributed by atoms with E-state index in [9.17, 15) is 0 Å². The summed E-state index contributed by atoms with van der Waals surface area (Å²) in [7, 11) is 0. The Kier molecular flexibility index (Phi) is 13.3. The summed E-state index contributed by atoms with van der Waals surface area (Å²) in [4.78, 5) is 4.75. The summed E-state index contributed by atoms with van der Waals surface area (Å²) in [5.74, 6) is 0.823. The standard InChI is InChI=1S/C26H35N5O2.HI/c1-3-27-26(28-15-13-22-9-11-25(12-10-22)31-16-6-14-30-31)29-20-23-7-5-8-24(19-23)21-33-18-17-32-4-2;/h5-12,14,16,19H,3-4,13,15,17-18,20-21H2,1-2H3,(H2,27,28,29);1H. The lowest BCUT2D eigenvalue weighted by Crippen LogP contribution is -2.38. The van der Waals surface area contributed by atoms with Crippen molar-refractivity contribution in [3.63, 3.8) is 0 Å². The van der Waals surface area contributed by atoms with Gasteiger partial charge in [0.05, 0.1) is 32.1 Å². The Hall–Kier alpha value is -2.43. The fraction of sp³-hybridized carbons (Fsp3) is 0.385. The van der Waals surface area contributed by atoms with E-state index < -0.39 is 0 Å². The van der Waals surface area contributed by atoms with E-state index in [0.29, 0.717) is 26.4 Å². The summed E-state index contributed by atoms with van der Waals surface area (Å²) in [6.07, 6.45) is 4.65. The highest BCUT2D eigenvalue weighted by Crippen LogP contribution is 2.10. The van der Waals surface area contributed by atoms with E-state index in [0.717, 1.165) is 48.9 Å². The zero-order valence-electron chi connectivity index (χ0n) is 20.1. The third-order valence-electron chi connectivity index (χ3n) is 5.01. The van der Waals surface area contributed by atoms with E-state index >= 15 is 0 Å². The van der Waals surface area contributed by atoms with Gasteiger partial charge in [0.1, 0.15) is 0 Å². The Balaban J connectivity index is 0.00000408. The molecule has 0 unspecified atom stereocenters. The number of aromatic nitrogens is 2. The SMILES string of the molecule is CCNC(=NCc1cccc(COCCOCC)c1)NCCc1ccc(-n2cccn2)cc1.I. The van der Waals surface area contributed by atoms with Gasteiger partial charge in [0.25, 0.3) is 0 Å². The summed E-state index contributed by atoms with van der Waals surface area (Å²) in [6.45, 7) is 8.84. The van der Waals surface area contributed by atoms with Gasteiger partial charge in [0.2, 0.25) is 0 Å². The van der Waals surface area contributed by atoms with Crippen LogP contribution in [-0.2, 0) is 29.0 Å². The number of aliphatic imine (C=N–C) groups is 1. The molecular weight excluding hydrogens is 541 g/mol. The quantitative estimate of drug-likeness (QED) is 0.137. The largest absolute Gasteiger partial charge is 0.379 e. The maximum Gasteiger partial charge on any atom is 0.191 e. The predicted octanol–water partition coefficient (Wildman–Crippen LogP) is 4.34. The van der Waals surface area contributed by atoms with Gasteiger partial charge >= 0.3 is 0 Å². The van der Waals surface area contributed by atoms with Crippen molar-refractivity contribution in [3.05, 3.63) is 83.7 Å². The highest BCUT2D eigenvalue weighted by molar-refractivity contribution is 14.0. The highest BCUT2D eigenvalue weighted by atomic mass is 127. The second-order valence-corrected chi connectivity index (χ2v) is 7.56. The molecular formula is C26H36IN5O2. The Morgan fingerprint density at radius 2 is 1.74 bits per heavy atom. The molecule has 0 fully saturated rings. The number of nitrogens with one attached hydrogen (secondary N) is 2. The summed E-state index contributed by atoms with van der Waals surface area (Å²) >= 11 is 0. The van der Waals surface area contributed by atoms with E-state index in [-0.39, 0.29) is 24.0 Å². The molecule has 0 saturated carbocycles. The zero-order chi connectivity index (χ0) is 23.1. The van der Waals surface area contributed by atoms with Crippen LogP contribution < -0.4 is 10.6 Å². The second-order valence-electron chi connectivity index (χ2n) is 7.56. The molecule has 0 aliphatic carbocycles. The van der Waals surface area contributed by atoms with E-state index in [1.165, 1.54) is 5.56 Å². The Labute approximate surface area is 220 Å². The number of ether oxygens (including phenoxy) is 2. The van der Waals surface area contributed by atoms with E-state index in [2.05, 4.69) is 71.2 Å². The maximum absolute atomic E-state index is 5.67. The van der Waals surface area contributed by atoms with Gasteiger partial charge in [-0.2, -0.15) is 5.10 Å². The molecule has 3 rings (SSSR count).